The molecule has 0 saturated carbocycles. The molecule has 0 bridgehead atoms. The lowest BCUT2D eigenvalue weighted by Crippen LogP contribution is -2.48. The lowest BCUT2D eigenvalue weighted by molar-refractivity contribution is 0.0623. The fourth-order valence-corrected chi connectivity index (χ4v) is 3.50. The largest absolute Gasteiger partial charge is 0.351 e. The molecule has 4 heteroatoms. The van der Waals surface area contributed by atoms with Crippen molar-refractivity contribution in [2.75, 3.05) is 26.2 Å². The number of rotatable bonds is 3. The van der Waals surface area contributed by atoms with Crippen molar-refractivity contribution in [1.29, 1.82) is 0 Å². The molecule has 128 valence electrons. The molecule has 1 N–H and O–H groups in total. The molecule has 1 aliphatic rings. The highest BCUT2D eigenvalue weighted by molar-refractivity contribution is 5.98. The predicted octanol–water partition coefficient (Wildman–Crippen LogP) is 3.43. The predicted molar refractivity (Wildman–Crippen MR) is 101 cm³/mol. The van der Waals surface area contributed by atoms with Crippen LogP contribution >= 0.6 is 0 Å². The van der Waals surface area contributed by atoms with Crippen molar-refractivity contribution in [2.24, 2.45) is 0 Å². The number of nitrogens with one attached hydrogen (secondary N) is 1. The molecule has 1 aromatic heterocycles. The molecule has 0 atom stereocenters. The van der Waals surface area contributed by atoms with Crippen LogP contribution in [0.4, 0.5) is 0 Å². The van der Waals surface area contributed by atoms with Crippen LogP contribution in [0.1, 0.15) is 21.6 Å². The fraction of sp³-hybridized carbons (Fsp3) is 0.286. The SMILES string of the molecule is Cc1ccccc1CN1CCN(C(=O)c2cc3ccccc3[nH]2)CC1. The Balaban J connectivity index is 1.39. The second-order valence-corrected chi connectivity index (χ2v) is 6.77. The molecule has 3 aromatic rings. The van der Waals surface area contributed by atoms with Gasteiger partial charge in [-0.05, 0) is 30.2 Å². The summed E-state index contributed by atoms with van der Waals surface area (Å²) in [6.45, 7) is 6.51. The van der Waals surface area contributed by atoms with E-state index in [9.17, 15) is 4.79 Å². The van der Waals surface area contributed by atoms with Gasteiger partial charge < -0.3 is 9.88 Å². The van der Waals surface area contributed by atoms with Gasteiger partial charge in [-0.15, -0.1) is 0 Å². The number of hydrogen-bond donors (Lipinski definition) is 1. The highest BCUT2D eigenvalue weighted by atomic mass is 16.2. The van der Waals surface area contributed by atoms with Crippen molar-refractivity contribution in [2.45, 2.75) is 13.5 Å². The number of amides is 1. The van der Waals surface area contributed by atoms with Crippen LogP contribution < -0.4 is 0 Å². The number of hydrogen-bond acceptors (Lipinski definition) is 2. The molecule has 1 aliphatic heterocycles. The molecule has 2 aromatic carbocycles. The van der Waals surface area contributed by atoms with Crippen LogP contribution in [0.2, 0.25) is 0 Å². The molecular weight excluding hydrogens is 310 g/mol. The summed E-state index contributed by atoms with van der Waals surface area (Å²) < 4.78 is 0. The first kappa shape index (κ1) is 15.9. The van der Waals surface area contributed by atoms with Crippen LogP contribution in [0, 0.1) is 6.92 Å². The van der Waals surface area contributed by atoms with Gasteiger partial charge in [0.25, 0.3) is 5.91 Å². The molecular formula is C21H23N3O. The molecule has 0 radical (unpaired) electrons. The average Bonchev–Trinajstić information content (AvgIpc) is 3.08. The van der Waals surface area contributed by atoms with E-state index in [0.717, 1.165) is 43.6 Å². The van der Waals surface area contributed by atoms with Gasteiger partial charge in [0, 0.05) is 43.6 Å². The van der Waals surface area contributed by atoms with Crippen molar-refractivity contribution in [3.05, 3.63) is 71.4 Å². The molecule has 0 aliphatic carbocycles. The number of fused-ring (bicyclic) bond motifs is 1. The zero-order valence-corrected chi connectivity index (χ0v) is 14.5. The van der Waals surface area contributed by atoms with Gasteiger partial charge in [-0.1, -0.05) is 42.5 Å². The lowest BCUT2D eigenvalue weighted by atomic mass is 10.1. The lowest BCUT2D eigenvalue weighted by Gasteiger charge is -2.34. The van der Waals surface area contributed by atoms with Crippen molar-refractivity contribution < 1.29 is 4.79 Å². The molecule has 25 heavy (non-hydrogen) atoms. The van der Waals surface area contributed by atoms with Gasteiger partial charge in [0.1, 0.15) is 5.69 Å². The Bertz CT molecular complexity index is 858. The maximum atomic E-state index is 12.8. The van der Waals surface area contributed by atoms with Gasteiger partial charge in [0.15, 0.2) is 0 Å². The van der Waals surface area contributed by atoms with Crippen LogP contribution in [0.15, 0.2) is 54.6 Å². The quantitative estimate of drug-likeness (QED) is 0.797. The third kappa shape index (κ3) is 3.30. The standard InChI is InChI=1S/C21H23N3O/c1-16-6-2-3-8-18(16)15-23-10-12-24(13-11-23)21(25)20-14-17-7-4-5-9-19(17)22-20/h2-9,14,22H,10-13,15H2,1H3. The number of piperazine rings is 1. The van der Waals surface area contributed by atoms with Crippen LogP contribution in [-0.2, 0) is 6.54 Å². The van der Waals surface area contributed by atoms with E-state index in [1.807, 2.05) is 35.2 Å². The summed E-state index contributed by atoms with van der Waals surface area (Å²) in [5.41, 5.74) is 4.41. The average molecular weight is 333 g/mol. The van der Waals surface area contributed by atoms with Crippen LogP contribution in [0.5, 0.6) is 0 Å². The van der Waals surface area contributed by atoms with E-state index >= 15 is 0 Å². The minimum Gasteiger partial charge on any atom is -0.351 e. The summed E-state index contributed by atoms with van der Waals surface area (Å²) in [5, 5.41) is 1.09. The number of aromatic nitrogens is 1. The summed E-state index contributed by atoms with van der Waals surface area (Å²) in [7, 11) is 0. The van der Waals surface area contributed by atoms with Crippen molar-refractivity contribution in [1.82, 2.24) is 14.8 Å². The number of benzene rings is 2. The summed E-state index contributed by atoms with van der Waals surface area (Å²) in [6.07, 6.45) is 0. The maximum Gasteiger partial charge on any atom is 0.270 e. The number of para-hydroxylation sites is 1. The van der Waals surface area contributed by atoms with Crippen molar-refractivity contribution in [3.8, 4) is 0 Å². The Morgan fingerprint density at radius 1 is 1.00 bits per heavy atom. The van der Waals surface area contributed by atoms with E-state index in [0.29, 0.717) is 5.69 Å². The molecule has 4 rings (SSSR count). The van der Waals surface area contributed by atoms with E-state index in [4.69, 9.17) is 0 Å². The molecule has 1 amide bonds. The van der Waals surface area contributed by atoms with Gasteiger partial charge >= 0.3 is 0 Å². The van der Waals surface area contributed by atoms with Crippen molar-refractivity contribution >= 4 is 16.8 Å². The Labute approximate surface area is 148 Å². The number of aromatic amines is 1. The second-order valence-electron chi connectivity index (χ2n) is 6.77. The van der Waals surface area contributed by atoms with Gasteiger partial charge in [-0.3, -0.25) is 9.69 Å². The Hall–Kier alpha value is -2.59. The first-order valence-corrected chi connectivity index (χ1v) is 8.84. The Morgan fingerprint density at radius 2 is 1.72 bits per heavy atom. The van der Waals surface area contributed by atoms with Gasteiger partial charge in [-0.25, -0.2) is 0 Å². The van der Waals surface area contributed by atoms with Crippen LogP contribution in [0.3, 0.4) is 0 Å². The third-order valence-electron chi connectivity index (χ3n) is 5.08. The Kier molecular flexibility index (Phi) is 4.28. The molecule has 0 unspecified atom stereocenters. The molecule has 1 saturated heterocycles. The number of aryl methyl sites for hydroxylation is 1. The van der Waals surface area contributed by atoms with Gasteiger partial charge in [-0.2, -0.15) is 0 Å². The summed E-state index contributed by atoms with van der Waals surface area (Å²) >= 11 is 0. The molecule has 1 fully saturated rings. The molecule has 2 heterocycles. The maximum absolute atomic E-state index is 12.8. The fourth-order valence-electron chi connectivity index (χ4n) is 3.50. The first-order valence-electron chi connectivity index (χ1n) is 8.84. The topological polar surface area (TPSA) is 39.3 Å². The van der Waals surface area contributed by atoms with Gasteiger partial charge in [0.05, 0.1) is 0 Å². The monoisotopic (exact) mass is 333 g/mol. The van der Waals surface area contributed by atoms with E-state index in [-0.39, 0.29) is 5.91 Å². The summed E-state index contributed by atoms with van der Waals surface area (Å²) in [4.78, 5) is 20.4. The first-order chi connectivity index (χ1) is 12.2. The van der Waals surface area contributed by atoms with Gasteiger partial charge in [0.2, 0.25) is 0 Å². The van der Waals surface area contributed by atoms with E-state index in [1.165, 1.54) is 11.1 Å². The van der Waals surface area contributed by atoms with Crippen LogP contribution in [-0.4, -0.2) is 46.9 Å². The highest BCUT2D eigenvalue weighted by Crippen LogP contribution is 2.18. The summed E-state index contributed by atoms with van der Waals surface area (Å²) in [6, 6.07) is 18.5. The minimum absolute atomic E-state index is 0.103. The zero-order chi connectivity index (χ0) is 17.2. The minimum atomic E-state index is 0.103. The molecule has 4 nitrogen and oxygen atoms in total. The smallest absolute Gasteiger partial charge is 0.270 e. The zero-order valence-electron chi connectivity index (χ0n) is 14.5. The van der Waals surface area contributed by atoms with E-state index in [1.54, 1.807) is 0 Å². The normalized spacial score (nSPS) is 15.6. The third-order valence-corrected chi connectivity index (χ3v) is 5.08. The summed E-state index contributed by atoms with van der Waals surface area (Å²) in [5.74, 6) is 0.103. The number of carbonyl (C=O) groups is 1. The Morgan fingerprint density at radius 3 is 2.48 bits per heavy atom. The van der Waals surface area contributed by atoms with Crippen molar-refractivity contribution in [3.63, 3.8) is 0 Å². The van der Waals surface area contributed by atoms with E-state index < -0.39 is 0 Å². The number of H-pyrrole nitrogens is 1. The van der Waals surface area contributed by atoms with Crippen LogP contribution in [0.25, 0.3) is 10.9 Å². The highest BCUT2D eigenvalue weighted by Gasteiger charge is 2.23. The number of nitrogens with zero attached hydrogens (tertiary/aromatic N) is 2. The van der Waals surface area contributed by atoms with E-state index in [2.05, 4.69) is 41.1 Å². The molecule has 0 spiro atoms. The second kappa shape index (κ2) is 6.73. The number of carbonyl (C=O) groups excluding carboxylic acids is 1.